The molecule has 0 spiro atoms. The zero-order chi connectivity index (χ0) is 8.24. The van der Waals surface area contributed by atoms with Crippen molar-refractivity contribution in [2.45, 2.75) is 6.92 Å². The van der Waals surface area contributed by atoms with Crippen LogP contribution in [0, 0.1) is 0 Å². The molecule has 0 amide bonds. The van der Waals surface area contributed by atoms with Crippen molar-refractivity contribution >= 4 is 0 Å². The summed E-state index contributed by atoms with van der Waals surface area (Å²) < 4.78 is 4.63. The molecule has 0 atom stereocenters. The second kappa shape index (κ2) is 15.9. The van der Waals surface area contributed by atoms with Gasteiger partial charge in [-0.2, -0.15) is 0 Å². The van der Waals surface area contributed by atoms with Gasteiger partial charge in [-0.3, -0.25) is 0 Å². The number of aliphatic hydroxyl groups is 3. The van der Waals surface area contributed by atoms with Crippen molar-refractivity contribution in [3.8, 4) is 0 Å². The average Bonchev–Trinajstić information content (AvgIpc) is 1.91. The Morgan fingerprint density at radius 1 is 1.00 bits per heavy atom. The number of hydrogen-bond donors (Lipinski definition) is 3. The van der Waals surface area contributed by atoms with Crippen LogP contribution < -0.4 is 0 Å². The molecule has 64 valence electrons. The van der Waals surface area contributed by atoms with Crippen molar-refractivity contribution in [2.75, 3.05) is 33.0 Å². The molecule has 0 bridgehead atoms. The quantitative estimate of drug-likeness (QED) is 0.451. The summed E-state index contributed by atoms with van der Waals surface area (Å²) in [5.41, 5.74) is 0. The number of hydrogen-bond acceptors (Lipinski definition) is 4. The maximum absolute atomic E-state index is 8.09. The average molecular weight is 152 g/mol. The molecule has 0 heterocycles. The molecule has 0 aliphatic rings. The van der Waals surface area contributed by atoms with Gasteiger partial charge >= 0.3 is 0 Å². The summed E-state index contributed by atoms with van der Waals surface area (Å²) in [6.45, 7) is 2.63. The molecule has 0 radical (unpaired) electrons. The molecule has 4 nitrogen and oxygen atoms in total. The highest BCUT2D eigenvalue weighted by Gasteiger charge is 1.79. The molecule has 0 rings (SSSR count). The van der Waals surface area contributed by atoms with Gasteiger partial charge in [0.2, 0.25) is 0 Å². The van der Waals surface area contributed by atoms with Gasteiger partial charge in [-0.15, -0.1) is 0 Å². The zero-order valence-corrected chi connectivity index (χ0v) is 6.29. The zero-order valence-electron chi connectivity index (χ0n) is 6.29. The molecule has 0 fully saturated rings. The van der Waals surface area contributed by atoms with E-state index in [-0.39, 0.29) is 19.8 Å². The predicted molar refractivity (Wildman–Crippen MR) is 37.8 cm³/mol. The molecule has 4 heteroatoms. The van der Waals surface area contributed by atoms with Crippen molar-refractivity contribution in [3.63, 3.8) is 0 Å². The van der Waals surface area contributed by atoms with Crippen LogP contribution in [0.5, 0.6) is 0 Å². The van der Waals surface area contributed by atoms with E-state index >= 15 is 0 Å². The number of ether oxygens (including phenoxy) is 1. The molecule has 0 saturated heterocycles. The first kappa shape index (κ1) is 12.5. The van der Waals surface area contributed by atoms with E-state index in [0.717, 1.165) is 0 Å². The second-order valence-electron chi connectivity index (χ2n) is 1.38. The predicted octanol–water partition coefficient (Wildman–Crippen LogP) is -1.01. The summed E-state index contributed by atoms with van der Waals surface area (Å²) in [6.07, 6.45) is 0. The molecule has 0 aromatic carbocycles. The van der Waals surface area contributed by atoms with Crippen LogP contribution in [0.15, 0.2) is 0 Å². The SMILES string of the molecule is CCO.OCCOCCO. The molecule has 0 aromatic heterocycles. The van der Waals surface area contributed by atoms with Gasteiger partial charge in [0, 0.05) is 6.61 Å². The summed E-state index contributed by atoms with van der Waals surface area (Å²) in [6, 6.07) is 0. The third-order valence-corrected chi connectivity index (χ3v) is 0.471. The molecule has 0 saturated carbocycles. The minimum atomic E-state index is 0.0278. The topological polar surface area (TPSA) is 69.9 Å². The van der Waals surface area contributed by atoms with E-state index in [1.165, 1.54) is 0 Å². The van der Waals surface area contributed by atoms with Crippen molar-refractivity contribution in [1.29, 1.82) is 0 Å². The molecule has 0 aliphatic heterocycles. The summed E-state index contributed by atoms with van der Waals surface area (Å²) in [5, 5.41) is 23.7. The molecule has 10 heavy (non-hydrogen) atoms. The Hall–Kier alpha value is -0.160. The maximum atomic E-state index is 8.09. The fourth-order valence-electron chi connectivity index (χ4n) is 0.231. The van der Waals surface area contributed by atoms with E-state index in [2.05, 4.69) is 4.74 Å². The van der Waals surface area contributed by atoms with Gasteiger partial charge in [0.1, 0.15) is 0 Å². The summed E-state index contributed by atoms with van der Waals surface area (Å²) in [4.78, 5) is 0. The van der Waals surface area contributed by atoms with E-state index in [9.17, 15) is 0 Å². The molecule has 0 unspecified atom stereocenters. The lowest BCUT2D eigenvalue weighted by atomic mass is 10.7. The highest BCUT2D eigenvalue weighted by atomic mass is 16.5. The van der Waals surface area contributed by atoms with Crippen LogP contribution in [-0.2, 0) is 4.74 Å². The van der Waals surface area contributed by atoms with E-state index in [4.69, 9.17) is 15.3 Å². The largest absolute Gasteiger partial charge is 0.397 e. The second-order valence-corrected chi connectivity index (χ2v) is 1.38. The van der Waals surface area contributed by atoms with Crippen LogP contribution in [0.2, 0.25) is 0 Å². The van der Waals surface area contributed by atoms with Crippen LogP contribution in [-0.4, -0.2) is 48.4 Å². The molecular formula is C6H16O4. The first-order valence-electron chi connectivity index (χ1n) is 3.23. The molecule has 0 aliphatic carbocycles. The summed E-state index contributed by atoms with van der Waals surface area (Å²) >= 11 is 0. The van der Waals surface area contributed by atoms with E-state index in [1.807, 2.05) is 0 Å². The monoisotopic (exact) mass is 152 g/mol. The lowest BCUT2D eigenvalue weighted by molar-refractivity contribution is 0.0650. The minimum Gasteiger partial charge on any atom is -0.397 e. The standard InChI is InChI=1S/C4H10O3.C2H6O/c5-1-3-7-4-2-6;1-2-3/h5-6H,1-4H2;3H,2H2,1H3. The lowest BCUT2D eigenvalue weighted by Gasteiger charge is -1.94. The number of rotatable bonds is 4. The van der Waals surface area contributed by atoms with Crippen molar-refractivity contribution in [3.05, 3.63) is 0 Å². The fraction of sp³-hybridized carbons (Fsp3) is 1.00. The Morgan fingerprint density at radius 3 is 1.50 bits per heavy atom. The molecule has 0 aromatic rings. The van der Waals surface area contributed by atoms with Crippen LogP contribution in [0.1, 0.15) is 6.92 Å². The third kappa shape index (κ3) is 24.9. The Kier molecular flexibility index (Phi) is 19.9. The van der Waals surface area contributed by atoms with Gasteiger partial charge in [0.15, 0.2) is 0 Å². The van der Waals surface area contributed by atoms with Crippen LogP contribution in [0.25, 0.3) is 0 Å². The molecule has 3 N–H and O–H groups in total. The van der Waals surface area contributed by atoms with E-state index < -0.39 is 0 Å². The molecular weight excluding hydrogens is 136 g/mol. The van der Waals surface area contributed by atoms with Gasteiger partial charge in [0.05, 0.1) is 26.4 Å². The third-order valence-electron chi connectivity index (χ3n) is 0.471. The first-order valence-corrected chi connectivity index (χ1v) is 3.23. The van der Waals surface area contributed by atoms with Gasteiger partial charge in [-0.25, -0.2) is 0 Å². The Balaban J connectivity index is 0. The van der Waals surface area contributed by atoms with Crippen LogP contribution >= 0.6 is 0 Å². The lowest BCUT2D eigenvalue weighted by Crippen LogP contribution is -2.03. The summed E-state index contributed by atoms with van der Waals surface area (Å²) in [7, 11) is 0. The van der Waals surface area contributed by atoms with Gasteiger partial charge in [-0.05, 0) is 6.92 Å². The van der Waals surface area contributed by atoms with Crippen molar-refractivity contribution < 1.29 is 20.1 Å². The van der Waals surface area contributed by atoms with Gasteiger partial charge < -0.3 is 20.1 Å². The summed E-state index contributed by atoms with van der Waals surface area (Å²) in [5.74, 6) is 0. The highest BCUT2D eigenvalue weighted by molar-refractivity contribution is 4.24. The Morgan fingerprint density at radius 2 is 1.30 bits per heavy atom. The maximum Gasteiger partial charge on any atom is 0.0698 e. The van der Waals surface area contributed by atoms with Crippen molar-refractivity contribution in [1.82, 2.24) is 0 Å². The van der Waals surface area contributed by atoms with Crippen LogP contribution in [0.4, 0.5) is 0 Å². The highest BCUT2D eigenvalue weighted by Crippen LogP contribution is 1.68. The van der Waals surface area contributed by atoms with Crippen LogP contribution in [0.3, 0.4) is 0 Å². The van der Waals surface area contributed by atoms with Gasteiger partial charge in [0.25, 0.3) is 0 Å². The number of aliphatic hydroxyl groups excluding tert-OH is 3. The smallest absolute Gasteiger partial charge is 0.0698 e. The van der Waals surface area contributed by atoms with Gasteiger partial charge in [-0.1, -0.05) is 0 Å². The normalized spacial score (nSPS) is 8.40. The van der Waals surface area contributed by atoms with E-state index in [0.29, 0.717) is 13.2 Å². The minimum absolute atomic E-state index is 0.0278. The Labute approximate surface area is 61.1 Å². The fourth-order valence-corrected chi connectivity index (χ4v) is 0.231. The first-order chi connectivity index (χ1) is 4.83. The Bertz CT molecular complexity index is 36.7. The van der Waals surface area contributed by atoms with Crippen molar-refractivity contribution in [2.24, 2.45) is 0 Å². The van der Waals surface area contributed by atoms with E-state index in [1.54, 1.807) is 6.92 Å².